The van der Waals surface area contributed by atoms with Gasteiger partial charge in [-0.15, -0.1) is 10.2 Å². The first-order valence-corrected chi connectivity index (χ1v) is 12.0. The maximum absolute atomic E-state index is 13.4. The van der Waals surface area contributed by atoms with Gasteiger partial charge in [-0.2, -0.15) is 4.98 Å². The standard InChI is InChI=1S/C24H27N5O3S/c1-24(2,22(30)27-23-28-25-14-33-23)20-16-8-4-5-9-18(16)32-21-17(20)10-11-19(26-21)29-12-6-7-15(29)13-31-3/h4-5,8-11,14-15,20H,6-7,12-13H2,1-3H3,(H,27,28,30)/t15-,20-/m0/s1. The Hall–Kier alpha value is -3.04. The van der Waals surface area contributed by atoms with Crippen LogP contribution in [0.4, 0.5) is 10.9 Å². The molecule has 5 rings (SSSR count). The molecule has 1 fully saturated rings. The zero-order valence-electron chi connectivity index (χ0n) is 18.9. The van der Waals surface area contributed by atoms with Crippen molar-refractivity contribution in [2.75, 3.05) is 30.5 Å². The minimum atomic E-state index is -0.796. The lowest BCUT2D eigenvalue weighted by Gasteiger charge is -2.38. The number of carbonyl (C=O) groups excluding carboxylic acids is 1. The monoisotopic (exact) mass is 465 g/mol. The van der Waals surface area contributed by atoms with Gasteiger partial charge in [-0.3, -0.25) is 4.79 Å². The quantitative estimate of drug-likeness (QED) is 0.575. The second kappa shape index (κ2) is 8.72. The average Bonchev–Trinajstić information content (AvgIpc) is 3.49. The van der Waals surface area contributed by atoms with Crippen molar-refractivity contribution in [1.82, 2.24) is 15.2 Å². The zero-order valence-corrected chi connectivity index (χ0v) is 19.8. The van der Waals surface area contributed by atoms with E-state index in [1.54, 1.807) is 12.6 Å². The predicted molar refractivity (Wildman–Crippen MR) is 127 cm³/mol. The summed E-state index contributed by atoms with van der Waals surface area (Å²) < 4.78 is 11.7. The second-order valence-electron chi connectivity index (χ2n) is 9.00. The Bertz CT molecular complexity index is 1150. The molecule has 2 aromatic heterocycles. The Morgan fingerprint density at radius 2 is 2.12 bits per heavy atom. The highest BCUT2D eigenvalue weighted by atomic mass is 32.1. The highest BCUT2D eigenvalue weighted by molar-refractivity contribution is 7.13. The Morgan fingerprint density at radius 3 is 2.91 bits per heavy atom. The van der Waals surface area contributed by atoms with Gasteiger partial charge in [0.25, 0.3) is 0 Å². The molecule has 0 radical (unpaired) electrons. The SMILES string of the molecule is COC[C@@H]1CCCN1c1ccc2c(n1)Oc1ccccc1[C@@H]2C(C)(C)C(=O)Nc1nncs1. The molecule has 1 aromatic carbocycles. The van der Waals surface area contributed by atoms with E-state index in [0.717, 1.165) is 42.1 Å². The minimum absolute atomic E-state index is 0.129. The fraction of sp³-hybridized carbons (Fsp3) is 0.417. The number of carbonyl (C=O) groups is 1. The van der Waals surface area contributed by atoms with Crippen LogP contribution in [0, 0.1) is 5.41 Å². The minimum Gasteiger partial charge on any atom is -0.438 e. The van der Waals surface area contributed by atoms with Crippen LogP contribution in [-0.2, 0) is 9.53 Å². The van der Waals surface area contributed by atoms with E-state index in [4.69, 9.17) is 14.5 Å². The number of para-hydroxylation sites is 1. The van der Waals surface area contributed by atoms with Crippen molar-refractivity contribution in [3.05, 3.63) is 53.0 Å². The second-order valence-corrected chi connectivity index (χ2v) is 9.83. The number of ether oxygens (including phenoxy) is 2. The molecule has 0 aliphatic carbocycles. The first kappa shape index (κ1) is 21.8. The van der Waals surface area contributed by atoms with Crippen molar-refractivity contribution < 1.29 is 14.3 Å². The smallest absolute Gasteiger partial charge is 0.232 e. The number of pyridine rings is 1. The first-order valence-electron chi connectivity index (χ1n) is 11.1. The van der Waals surface area contributed by atoms with Crippen LogP contribution in [0.5, 0.6) is 11.6 Å². The molecule has 0 spiro atoms. The number of nitrogens with one attached hydrogen (secondary N) is 1. The Labute approximate surface area is 197 Å². The summed E-state index contributed by atoms with van der Waals surface area (Å²) in [4.78, 5) is 20.6. The lowest BCUT2D eigenvalue weighted by molar-refractivity contribution is -0.124. The molecular weight excluding hydrogens is 438 g/mol. The fourth-order valence-electron chi connectivity index (χ4n) is 4.88. The highest BCUT2D eigenvalue weighted by Crippen LogP contribution is 2.52. The van der Waals surface area contributed by atoms with E-state index in [1.807, 2.05) is 44.2 Å². The summed E-state index contributed by atoms with van der Waals surface area (Å²) in [7, 11) is 1.73. The van der Waals surface area contributed by atoms with Crippen molar-refractivity contribution in [2.45, 2.75) is 38.6 Å². The summed E-state index contributed by atoms with van der Waals surface area (Å²) in [5.74, 6) is 1.79. The lowest BCUT2D eigenvalue weighted by atomic mass is 9.70. The molecule has 1 saturated heterocycles. The number of methoxy groups -OCH3 is 1. The number of benzene rings is 1. The fourth-order valence-corrected chi connectivity index (χ4v) is 5.32. The summed E-state index contributed by atoms with van der Waals surface area (Å²) in [5, 5.41) is 11.2. The molecule has 2 atom stereocenters. The largest absolute Gasteiger partial charge is 0.438 e. The summed E-state index contributed by atoms with van der Waals surface area (Å²) in [6.45, 7) is 5.51. The van der Waals surface area contributed by atoms with Crippen LogP contribution < -0.4 is 15.0 Å². The van der Waals surface area contributed by atoms with Gasteiger partial charge in [0.05, 0.1) is 18.1 Å². The lowest BCUT2D eigenvalue weighted by Crippen LogP contribution is -2.38. The van der Waals surface area contributed by atoms with Gasteiger partial charge in [-0.1, -0.05) is 43.4 Å². The van der Waals surface area contributed by atoms with Gasteiger partial charge < -0.3 is 19.7 Å². The van der Waals surface area contributed by atoms with E-state index in [2.05, 4.69) is 26.5 Å². The van der Waals surface area contributed by atoms with Crippen molar-refractivity contribution in [3.63, 3.8) is 0 Å². The van der Waals surface area contributed by atoms with Gasteiger partial charge in [-0.25, -0.2) is 0 Å². The number of nitrogens with zero attached hydrogens (tertiary/aromatic N) is 4. The highest BCUT2D eigenvalue weighted by Gasteiger charge is 2.44. The predicted octanol–water partition coefficient (Wildman–Crippen LogP) is 4.45. The van der Waals surface area contributed by atoms with Gasteiger partial charge in [0.1, 0.15) is 17.1 Å². The van der Waals surface area contributed by atoms with Gasteiger partial charge in [0.15, 0.2) is 0 Å². The molecular formula is C24H27N5O3S. The maximum Gasteiger partial charge on any atom is 0.232 e. The molecule has 8 nitrogen and oxygen atoms in total. The molecule has 2 aliphatic heterocycles. The molecule has 0 unspecified atom stereocenters. The third-order valence-electron chi connectivity index (χ3n) is 6.54. The number of hydrogen-bond acceptors (Lipinski definition) is 8. The van der Waals surface area contributed by atoms with Crippen LogP contribution in [0.15, 0.2) is 41.9 Å². The number of amides is 1. The number of rotatable bonds is 6. The topological polar surface area (TPSA) is 89.5 Å². The molecule has 3 aromatic rings. The molecule has 9 heteroatoms. The molecule has 1 N–H and O–H groups in total. The first-order chi connectivity index (χ1) is 16.0. The van der Waals surface area contributed by atoms with Gasteiger partial charge in [0.2, 0.25) is 16.9 Å². The van der Waals surface area contributed by atoms with Crippen molar-refractivity contribution in [2.24, 2.45) is 5.41 Å². The third kappa shape index (κ3) is 3.95. The van der Waals surface area contributed by atoms with Gasteiger partial charge in [0, 0.05) is 30.7 Å². The Balaban J connectivity index is 1.53. The van der Waals surface area contributed by atoms with Crippen molar-refractivity contribution in [3.8, 4) is 11.6 Å². The molecule has 172 valence electrons. The summed E-state index contributed by atoms with van der Waals surface area (Å²) in [6, 6.07) is 12.3. The Morgan fingerprint density at radius 1 is 1.27 bits per heavy atom. The van der Waals surface area contributed by atoms with Crippen LogP contribution in [-0.4, -0.2) is 47.4 Å². The zero-order chi connectivity index (χ0) is 23.0. The molecule has 4 heterocycles. The van der Waals surface area contributed by atoms with E-state index in [-0.39, 0.29) is 11.8 Å². The number of fused-ring (bicyclic) bond motifs is 2. The summed E-state index contributed by atoms with van der Waals surface area (Å²) in [5.41, 5.74) is 2.67. The van der Waals surface area contributed by atoms with E-state index in [0.29, 0.717) is 23.7 Å². The van der Waals surface area contributed by atoms with Gasteiger partial charge in [-0.05, 0) is 31.0 Å². The van der Waals surface area contributed by atoms with Crippen LogP contribution in [0.25, 0.3) is 0 Å². The Kier molecular flexibility index (Phi) is 5.76. The van der Waals surface area contributed by atoms with E-state index < -0.39 is 5.41 Å². The average molecular weight is 466 g/mol. The van der Waals surface area contributed by atoms with Crippen LogP contribution in [0.1, 0.15) is 43.7 Å². The maximum atomic E-state index is 13.4. The molecule has 0 saturated carbocycles. The summed E-state index contributed by atoms with van der Waals surface area (Å²) in [6.07, 6.45) is 2.19. The molecule has 1 amide bonds. The normalized spacial score (nSPS) is 19.5. The van der Waals surface area contributed by atoms with Gasteiger partial charge >= 0.3 is 0 Å². The van der Waals surface area contributed by atoms with Crippen LogP contribution in [0.2, 0.25) is 0 Å². The number of hydrogen-bond donors (Lipinski definition) is 1. The van der Waals surface area contributed by atoms with Crippen LogP contribution >= 0.6 is 11.3 Å². The summed E-state index contributed by atoms with van der Waals surface area (Å²) >= 11 is 1.30. The molecule has 2 aliphatic rings. The van der Waals surface area contributed by atoms with E-state index >= 15 is 0 Å². The van der Waals surface area contributed by atoms with Crippen LogP contribution in [0.3, 0.4) is 0 Å². The number of aromatic nitrogens is 3. The third-order valence-corrected chi connectivity index (χ3v) is 7.15. The number of anilines is 2. The van der Waals surface area contributed by atoms with Crippen molar-refractivity contribution in [1.29, 1.82) is 0 Å². The van der Waals surface area contributed by atoms with E-state index in [9.17, 15) is 4.79 Å². The van der Waals surface area contributed by atoms with Crippen molar-refractivity contribution >= 4 is 28.2 Å². The molecule has 0 bridgehead atoms. The van der Waals surface area contributed by atoms with E-state index in [1.165, 1.54) is 11.3 Å². The molecule has 33 heavy (non-hydrogen) atoms.